The van der Waals surface area contributed by atoms with E-state index in [1.807, 2.05) is 37.3 Å². The van der Waals surface area contributed by atoms with Crippen LogP contribution in [0.4, 0.5) is 0 Å². The molecular formula is C13H11N2O2+. The van der Waals surface area contributed by atoms with E-state index in [4.69, 9.17) is 0 Å². The SMILES string of the molecule is Cc1cc[n+]2n1C(=O)C(c1ccccc1)C2=O. The summed E-state index contributed by atoms with van der Waals surface area (Å²) in [6, 6.07) is 10.9. The maximum atomic E-state index is 12.2. The first kappa shape index (κ1) is 9.96. The van der Waals surface area contributed by atoms with Crippen molar-refractivity contribution < 1.29 is 14.3 Å². The van der Waals surface area contributed by atoms with Gasteiger partial charge in [0.05, 0.1) is 5.69 Å². The van der Waals surface area contributed by atoms with Gasteiger partial charge in [-0.15, -0.1) is 0 Å². The Morgan fingerprint density at radius 3 is 2.47 bits per heavy atom. The van der Waals surface area contributed by atoms with E-state index in [2.05, 4.69) is 0 Å². The van der Waals surface area contributed by atoms with Gasteiger partial charge in [0, 0.05) is 6.07 Å². The average molecular weight is 227 g/mol. The monoisotopic (exact) mass is 227 g/mol. The molecule has 1 atom stereocenters. The zero-order valence-electron chi connectivity index (χ0n) is 9.33. The zero-order chi connectivity index (χ0) is 12.0. The summed E-state index contributed by atoms with van der Waals surface area (Å²) in [6.45, 7) is 1.81. The maximum Gasteiger partial charge on any atom is 0.432 e. The van der Waals surface area contributed by atoms with Gasteiger partial charge in [0.1, 0.15) is 0 Å². The Morgan fingerprint density at radius 1 is 1.12 bits per heavy atom. The molecule has 0 saturated carbocycles. The Morgan fingerprint density at radius 2 is 1.82 bits per heavy atom. The van der Waals surface area contributed by atoms with Crippen LogP contribution in [0.5, 0.6) is 0 Å². The fourth-order valence-corrected chi connectivity index (χ4v) is 2.23. The van der Waals surface area contributed by atoms with E-state index in [1.54, 1.807) is 12.3 Å². The predicted octanol–water partition coefficient (Wildman–Crippen LogP) is 1.16. The van der Waals surface area contributed by atoms with Gasteiger partial charge in [0.25, 0.3) is 0 Å². The second-order valence-electron chi connectivity index (χ2n) is 4.13. The molecule has 1 aromatic carbocycles. The van der Waals surface area contributed by atoms with Gasteiger partial charge in [0.2, 0.25) is 6.20 Å². The van der Waals surface area contributed by atoms with Crippen LogP contribution in [-0.2, 0) is 0 Å². The molecule has 2 heterocycles. The number of rotatable bonds is 1. The highest BCUT2D eigenvalue weighted by Gasteiger charge is 2.48. The largest absolute Gasteiger partial charge is 0.432 e. The zero-order valence-corrected chi connectivity index (χ0v) is 9.33. The first-order chi connectivity index (χ1) is 8.20. The summed E-state index contributed by atoms with van der Waals surface area (Å²) in [6.07, 6.45) is 1.64. The molecule has 4 heteroatoms. The molecule has 2 aromatic rings. The van der Waals surface area contributed by atoms with Crippen LogP contribution in [0, 0.1) is 6.92 Å². The predicted molar refractivity (Wildman–Crippen MR) is 59.8 cm³/mol. The van der Waals surface area contributed by atoms with Crippen LogP contribution in [0.1, 0.15) is 26.8 Å². The molecule has 0 amide bonds. The van der Waals surface area contributed by atoms with Crippen molar-refractivity contribution >= 4 is 11.8 Å². The first-order valence-corrected chi connectivity index (χ1v) is 5.44. The first-order valence-electron chi connectivity index (χ1n) is 5.44. The summed E-state index contributed by atoms with van der Waals surface area (Å²) >= 11 is 0. The van der Waals surface area contributed by atoms with Gasteiger partial charge in [0.15, 0.2) is 5.92 Å². The Kier molecular flexibility index (Phi) is 1.98. The fraction of sp³-hybridized carbons (Fsp3) is 0.154. The third-order valence-corrected chi connectivity index (χ3v) is 3.07. The molecule has 3 rings (SSSR count). The topological polar surface area (TPSA) is 43.0 Å². The van der Waals surface area contributed by atoms with E-state index in [1.165, 1.54) is 9.36 Å². The van der Waals surface area contributed by atoms with Gasteiger partial charge in [-0.1, -0.05) is 35.0 Å². The number of aryl methyl sites for hydroxylation is 1. The second-order valence-corrected chi connectivity index (χ2v) is 4.13. The van der Waals surface area contributed by atoms with Crippen LogP contribution in [0.15, 0.2) is 42.6 Å². The molecule has 0 radical (unpaired) electrons. The molecule has 1 aliphatic rings. The maximum absolute atomic E-state index is 12.2. The smallest absolute Gasteiger partial charge is 0.267 e. The minimum atomic E-state index is -0.698. The number of carbonyl (C=O) groups excluding carboxylic acids is 2. The molecule has 1 unspecified atom stereocenters. The van der Waals surface area contributed by atoms with Crippen LogP contribution in [0.25, 0.3) is 0 Å². The number of nitrogens with zero attached hydrogens (tertiary/aromatic N) is 2. The lowest BCUT2D eigenvalue weighted by Gasteiger charge is -2.00. The summed E-state index contributed by atoms with van der Waals surface area (Å²) in [5.41, 5.74) is 1.53. The summed E-state index contributed by atoms with van der Waals surface area (Å²) < 4.78 is 2.81. The number of fused-ring (bicyclic) bond motifs is 1. The molecule has 0 aliphatic carbocycles. The molecule has 84 valence electrons. The van der Waals surface area contributed by atoms with E-state index >= 15 is 0 Å². The van der Waals surface area contributed by atoms with Crippen LogP contribution in [0.3, 0.4) is 0 Å². The molecule has 0 saturated heterocycles. The van der Waals surface area contributed by atoms with Crippen LogP contribution in [0.2, 0.25) is 0 Å². The molecule has 0 bridgehead atoms. The van der Waals surface area contributed by atoms with Crippen molar-refractivity contribution in [3.63, 3.8) is 0 Å². The summed E-state index contributed by atoms with van der Waals surface area (Å²) in [4.78, 5) is 24.4. The highest BCUT2D eigenvalue weighted by atomic mass is 16.2. The van der Waals surface area contributed by atoms with Gasteiger partial charge in [-0.3, -0.25) is 4.79 Å². The van der Waals surface area contributed by atoms with Crippen LogP contribution >= 0.6 is 0 Å². The summed E-state index contributed by atoms with van der Waals surface area (Å²) in [5.74, 6) is -1.06. The highest BCUT2D eigenvalue weighted by molar-refractivity contribution is 6.06. The van der Waals surface area contributed by atoms with Crippen molar-refractivity contribution in [1.29, 1.82) is 0 Å². The Bertz CT molecular complexity index is 614. The van der Waals surface area contributed by atoms with Gasteiger partial charge < -0.3 is 0 Å². The normalized spacial score (nSPS) is 18.5. The molecule has 0 spiro atoms. The van der Waals surface area contributed by atoms with E-state index in [0.717, 1.165) is 11.3 Å². The van der Waals surface area contributed by atoms with Crippen molar-refractivity contribution in [2.75, 3.05) is 0 Å². The third kappa shape index (κ3) is 1.27. The molecule has 1 aromatic heterocycles. The number of hydrogen-bond acceptors (Lipinski definition) is 2. The van der Waals surface area contributed by atoms with Gasteiger partial charge in [-0.2, -0.15) is 0 Å². The Hall–Kier alpha value is -2.23. The summed E-state index contributed by atoms with van der Waals surface area (Å²) in [5, 5.41) is 0. The fourth-order valence-electron chi connectivity index (χ4n) is 2.23. The number of carbonyl (C=O) groups is 2. The van der Waals surface area contributed by atoms with E-state index in [9.17, 15) is 9.59 Å². The van der Waals surface area contributed by atoms with Crippen molar-refractivity contribution in [3.05, 3.63) is 53.9 Å². The molecule has 4 nitrogen and oxygen atoms in total. The van der Waals surface area contributed by atoms with Gasteiger partial charge in [-0.25, -0.2) is 4.79 Å². The minimum Gasteiger partial charge on any atom is -0.267 e. The van der Waals surface area contributed by atoms with Crippen molar-refractivity contribution in [2.24, 2.45) is 0 Å². The van der Waals surface area contributed by atoms with Crippen molar-refractivity contribution in [1.82, 2.24) is 4.68 Å². The summed E-state index contributed by atoms with van der Waals surface area (Å²) in [7, 11) is 0. The van der Waals surface area contributed by atoms with Crippen molar-refractivity contribution in [3.8, 4) is 0 Å². The molecule has 0 N–H and O–H groups in total. The highest BCUT2D eigenvalue weighted by Crippen LogP contribution is 2.22. The van der Waals surface area contributed by atoms with E-state index < -0.39 is 5.92 Å². The quantitative estimate of drug-likeness (QED) is 0.542. The number of benzene rings is 1. The number of hydrogen-bond donors (Lipinski definition) is 0. The Balaban J connectivity index is 2.13. The second kappa shape index (κ2) is 3.38. The van der Waals surface area contributed by atoms with Crippen molar-refractivity contribution in [2.45, 2.75) is 12.8 Å². The van der Waals surface area contributed by atoms with Gasteiger partial charge >= 0.3 is 11.8 Å². The lowest BCUT2D eigenvalue weighted by molar-refractivity contribution is -0.643. The van der Waals surface area contributed by atoms with Gasteiger partial charge in [-0.05, 0) is 17.2 Å². The molecule has 1 aliphatic heterocycles. The Labute approximate surface area is 98.1 Å². The third-order valence-electron chi connectivity index (χ3n) is 3.07. The average Bonchev–Trinajstić information content (AvgIpc) is 2.82. The lowest BCUT2D eigenvalue weighted by Crippen LogP contribution is -2.44. The number of aromatic nitrogens is 2. The van der Waals surface area contributed by atoms with Crippen LogP contribution in [-0.4, -0.2) is 16.5 Å². The van der Waals surface area contributed by atoms with E-state index in [0.29, 0.717) is 0 Å². The molecular weight excluding hydrogens is 216 g/mol. The molecule has 17 heavy (non-hydrogen) atoms. The van der Waals surface area contributed by atoms with E-state index in [-0.39, 0.29) is 11.8 Å². The molecule has 0 fully saturated rings. The minimum absolute atomic E-state index is 0.177. The lowest BCUT2D eigenvalue weighted by atomic mass is 9.98. The van der Waals surface area contributed by atoms with Crippen LogP contribution < -0.4 is 4.68 Å². The standard InChI is InChI=1S/C13H11N2O2/c1-9-7-8-14-12(16)11(13(17)15(9)14)10-5-3-2-4-6-10/h2-8,11H,1H3/q+1.